The Morgan fingerprint density at radius 2 is 0.804 bits per heavy atom. The van der Waals surface area contributed by atoms with E-state index in [1.165, 1.54) is 24.3 Å². The number of halogens is 8. The maximum Gasteiger partial charge on any atom is 0.277 e. The quantitative estimate of drug-likeness (QED) is 0.0259. The number of amides is 2. The molecular formula is C36H34F6I2N4O8. The molecule has 0 aliphatic carbocycles. The van der Waals surface area contributed by atoms with Gasteiger partial charge in [0.2, 0.25) is 0 Å². The number of benzene rings is 4. The zero-order valence-corrected chi connectivity index (χ0v) is 33.4. The number of hydrogen-bond donors (Lipinski definition) is 4. The molecule has 4 aromatic rings. The minimum Gasteiger partial charge on any atom is -0.377 e. The number of anilines is 4. The first-order valence-electron chi connectivity index (χ1n) is 16.5. The van der Waals surface area contributed by atoms with Crippen LogP contribution in [0.4, 0.5) is 49.1 Å². The van der Waals surface area contributed by atoms with Crippen molar-refractivity contribution in [2.75, 3.05) is 76.7 Å². The van der Waals surface area contributed by atoms with Gasteiger partial charge in [-0.15, -0.1) is 0 Å². The number of rotatable bonds is 23. The van der Waals surface area contributed by atoms with Crippen molar-refractivity contribution in [3.05, 3.63) is 114 Å². The number of carbonyl (C=O) groups excluding carboxylic acids is 2. The molecule has 302 valence electrons. The van der Waals surface area contributed by atoms with Gasteiger partial charge in [0.15, 0.2) is 23.3 Å². The highest BCUT2D eigenvalue weighted by molar-refractivity contribution is 14.1. The summed E-state index contributed by atoms with van der Waals surface area (Å²) >= 11 is 3.79. The third-order valence-corrected chi connectivity index (χ3v) is 8.51. The molecule has 0 radical (unpaired) electrons. The molecule has 0 unspecified atom stereocenters. The smallest absolute Gasteiger partial charge is 0.277 e. The van der Waals surface area contributed by atoms with Gasteiger partial charge in [-0.1, -0.05) is 0 Å². The molecule has 0 heterocycles. The normalized spacial score (nSPS) is 11.1. The summed E-state index contributed by atoms with van der Waals surface area (Å²) in [6.45, 7) is 1.39. The monoisotopic (exact) mass is 1020 g/mol. The summed E-state index contributed by atoms with van der Waals surface area (Å²) in [5, 5.41) is 4.86. The van der Waals surface area contributed by atoms with Crippen LogP contribution in [0.5, 0.6) is 0 Å². The van der Waals surface area contributed by atoms with Gasteiger partial charge in [-0.2, -0.15) is 0 Å². The lowest BCUT2D eigenvalue weighted by Gasteiger charge is -2.14. The topological polar surface area (TPSA) is 138 Å². The summed E-state index contributed by atoms with van der Waals surface area (Å²) in [6.07, 6.45) is 0. The van der Waals surface area contributed by atoms with Crippen LogP contribution >= 0.6 is 45.2 Å². The first kappa shape index (κ1) is 44.9. The average Bonchev–Trinajstić information content (AvgIpc) is 3.16. The predicted molar refractivity (Wildman–Crippen MR) is 208 cm³/mol. The van der Waals surface area contributed by atoms with Crippen molar-refractivity contribution in [3.63, 3.8) is 0 Å². The molecule has 0 atom stereocenters. The van der Waals surface area contributed by atoms with Crippen LogP contribution in [-0.2, 0) is 28.6 Å². The Morgan fingerprint density at radius 3 is 1.14 bits per heavy atom. The standard InChI is InChI=1S/C36H34F6I2N4O8/c37-25-5-3-23(33(31(25)41)45-29-7-1-21(43)19-27(29)39)35(49)47-55-17-15-53-13-11-51-9-10-52-12-14-54-16-18-56-48-36(50)24-4-6-26(38)32(42)34(24)46-30-8-2-22(44)20-28(30)40/h1-8,19-20,45-46H,9-18H2,(H,47,49)(H,48,50). The fraction of sp³-hybridized carbons (Fsp3) is 0.278. The van der Waals surface area contributed by atoms with E-state index in [-0.39, 0.29) is 88.6 Å². The maximum atomic E-state index is 14.5. The van der Waals surface area contributed by atoms with Crippen molar-refractivity contribution in [3.8, 4) is 0 Å². The Morgan fingerprint density at radius 1 is 0.464 bits per heavy atom. The van der Waals surface area contributed by atoms with Crippen molar-refractivity contribution < 1.29 is 64.6 Å². The Labute approximate surface area is 344 Å². The minimum atomic E-state index is -1.36. The maximum absolute atomic E-state index is 14.5. The molecule has 2 amide bonds. The van der Waals surface area contributed by atoms with Gasteiger partial charge in [-0.05, 0) is 106 Å². The molecule has 0 fully saturated rings. The summed E-state index contributed by atoms with van der Waals surface area (Å²) in [5.41, 5.74) is 2.18. The zero-order chi connectivity index (χ0) is 40.5. The molecule has 0 saturated carbocycles. The van der Waals surface area contributed by atoms with Gasteiger partial charge in [0.1, 0.15) is 11.6 Å². The second kappa shape index (κ2) is 23.5. The molecule has 0 aliphatic heterocycles. The molecule has 4 N–H and O–H groups in total. The fourth-order valence-electron chi connectivity index (χ4n) is 4.48. The van der Waals surface area contributed by atoms with Gasteiger partial charge in [-0.3, -0.25) is 19.3 Å². The summed E-state index contributed by atoms with van der Waals surface area (Å²) < 4.78 is 108. The fourth-order valence-corrected chi connectivity index (χ4v) is 5.39. The SMILES string of the molecule is O=C(NOCCOCCOCCOCCOCCONC(=O)c1ccc(F)c(F)c1Nc1ccc(I)cc1F)c1ccc(F)c(F)c1Nc1ccc(I)cc1F. The Balaban J connectivity index is 0.996. The number of carbonyl (C=O) groups is 2. The van der Waals surface area contributed by atoms with Gasteiger partial charge in [0, 0.05) is 7.14 Å². The van der Waals surface area contributed by atoms with E-state index >= 15 is 0 Å². The van der Waals surface area contributed by atoms with Crippen LogP contribution < -0.4 is 21.6 Å². The van der Waals surface area contributed by atoms with Crippen LogP contribution in [0.2, 0.25) is 0 Å². The van der Waals surface area contributed by atoms with Crippen LogP contribution in [0.25, 0.3) is 0 Å². The van der Waals surface area contributed by atoms with Crippen molar-refractivity contribution in [2.45, 2.75) is 0 Å². The van der Waals surface area contributed by atoms with Crippen molar-refractivity contribution in [1.82, 2.24) is 11.0 Å². The van der Waals surface area contributed by atoms with E-state index in [0.717, 1.165) is 24.3 Å². The molecule has 0 aromatic heterocycles. The molecule has 20 heteroatoms. The molecule has 4 aromatic carbocycles. The van der Waals surface area contributed by atoms with E-state index in [4.69, 9.17) is 28.6 Å². The predicted octanol–water partition coefficient (Wildman–Crippen LogP) is 7.31. The number of nitrogens with one attached hydrogen (secondary N) is 4. The number of hydrogen-bond acceptors (Lipinski definition) is 10. The average molecular weight is 1020 g/mol. The van der Waals surface area contributed by atoms with E-state index in [1.54, 1.807) is 12.1 Å². The highest BCUT2D eigenvalue weighted by atomic mass is 127. The largest absolute Gasteiger partial charge is 0.377 e. The highest BCUT2D eigenvalue weighted by Crippen LogP contribution is 2.30. The third kappa shape index (κ3) is 14.0. The molecule has 0 spiro atoms. The van der Waals surface area contributed by atoms with Crippen LogP contribution in [0, 0.1) is 42.0 Å². The van der Waals surface area contributed by atoms with E-state index in [1.807, 2.05) is 45.2 Å². The molecule has 0 bridgehead atoms. The van der Waals surface area contributed by atoms with E-state index in [2.05, 4.69) is 21.6 Å². The lowest BCUT2D eigenvalue weighted by molar-refractivity contribution is -0.0302. The van der Waals surface area contributed by atoms with Crippen LogP contribution in [0.3, 0.4) is 0 Å². The lowest BCUT2D eigenvalue weighted by Crippen LogP contribution is -2.27. The van der Waals surface area contributed by atoms with E-state index in [0.29, 0.717) is 7.14 Å². The first-order chi connectivity index (χ1) is 27.0. The van der Waals surface area contributed by atoms with Gasteiger partial charge >= 0.3 is 0 Å². The first-order valence-corrected chi connectivity index (χ1v) is 18.7. The van der Waals surface area contributed by atoms with Crippen LogP contribution in [-0.4, -0.2) is 77.9 Å². The third-order valence-electron chi connectivity index (χ3n) is 7.17. The second-order valence-electron chi connectivity index (χ2n) is 11.1. The second-order valence-corrected chi connectivity index (χ2v) is 13.6. The van der Waals surface area contributed by atoms with E-state index < -0.39 is 58.1 Å². The molecule has 0 aliphatic rings. The summed E-state index contributed by atoms with van der Waals surface area (Å²) in [5.74, 6) is -8.42. The van der Waals surface area contributed by atoms with Gasteiger partial charge < -0.3 is 29.6 Å². The number of ether oxygens (including phenoxy) is 4. The van der Waals surface area contributed by atoms with E-state index in [9.17, 15) is 35.9 Å². The zero-order valence-electron chi connectivity index (χ0n) is 29.1. The van der Waals surface area contributed by atoms with Crippen LogP contribution in [0.1, 0.15) is 20.7 Å². The van der Waals surface area contributed by atoms with Crippen LogP contribution in [0.15, 0.2) is 60.7 Å². The molecule has 0 saturated heterocycles. The highest BCUT2D eigenvalue weighted by Gasteiger charge is 2.22. The van der Waals surface area contributed by atoms with Gasteiger partial charge in [-0.25, -0.2) is 37.3 Å². The summed E-state index contributed by atoms with van der Waals surface area (Å²) in [4.78, 5) is 35.3. The lowest BCUT2D eigenvalue weighted by atomic mass is 10.1. The Kier molecular flexibility index (Phi) is 18.8. The molecule has 12 nitrogen and oxygen atoms in total. The van der Waals surface area contributed by atoms with Crippen molar-refractivity contribution in [2.24, 2.45) is 0 Å². The van der Waals surface area contributed by atoms with Crippen molar-refractivity contribution >= 4 is 79.7 Å². The van der Waals surface area contributed by atoms with Crippen molar-refractivity contribution in [1.29, 1.82) is 0 Å². The van der Waals surface area contributed by atoms with Gasteiger partial charge in [0.25, 0.3) is 11.8 Å². The summed E-state index contributed by atoms with van der Waals surface area (Å²) in [7, 11) is 0. The summed E-state index contributed by atoms with van der Waals surface area (Å²) in [6, 6.07) is 11.7. The number of hydroxylamine groups is 2. The Hall–Kier alpha value is -3.78. The molecular weight excluding hydrogens is 984 g/mol. The minimum absolute atomic E-state index is 0.0691. The van der Waals surface area contributed by atoms with Gasteiger partial charge in [0.05, 0.1) is 99.9 Å². The molecule has 4 rings (SSSR count). The molecule has 56 heavy (non-hydrogen) atoms. The Bertz CT molecular complexity index is 1810.